The number of methoxy groups -OCH3 is 1. The van der Waals surface area contributed by atoms with E-state index >= 15 is 0 Å². The van der Waals surface area contributed by atoms with Crippen LogP contribution in [0.4, 0.5) is 8.78 Å². The number of halogens is 2. The highest BCUT2D eigenvalue weighted by molar-refractivity contribution is 6.43. The van der Waals surface area contributed by atoms with E-state index in [0.717, 1.165) is 12.5 Å². The lowest BCUT2D eigenvalue weighted by Crippen LogP contribution is -2.20. The smallest absolute Gasteiger partial charge is 0.360 e. The van der Waals surface area contributed by atoms with E-state index in [9.17, 15) is 13.6 Å². The molecule has 0 fully saturated rings. The number of nitrogens with zero attached hydrogens (tertiary/aromatic N) is 3. The molecule has 0 saturated carbocycles. The molecule has 0 aliphatic heterocycles. The molecule has 188 valence electrons. The molecular weight excluding hydrogens is 460 g/mol. The molecule has 35 heavy (non-hydrogen) atoms. The van der Waals surface area contributed by atoms with Crippen LogP contribution < -0.4 is 0 Å². The summed E-state index contributed by atoms with van der Waals surface area (Å²) < 4.78 is 33.7. The Labute approximate surface area is 203 Å². The van der Waals surface area contributed by atoms with E-state index in [-0.39, 0.29) is 29.2 Å². The Balaban J connectivity index is 2.41. The highest BCUT2D eigenvalue weighted by Crippen LogP contribution is 2.31. The fraction of sp³-hybridized carbons (Fsp3) is 0.360. The number of rotatable bonds is 10. The van der Waals surface area contributed by atoms with E-state index < -0.39 is 11.9 Å². The number of oxime groups is 3. The van der Waals surface area contributed by atoms with Crippen molar-refractivity contribution < 1.29 is 32.8 Å². The SMILES string of the molecule is CO/N=C(/C)c1ccc(/C(C)=N/OCc2c(C)cccc2/C(=N\OC)C(=O)OC)c(C(C)(F)F)c1. The lowest BCUT2D eigenvalue weighted by molar-refractivity contribution is -0.132. The molecule has 0 aliphatic rings. The van der Waals surface area contributed by atoms with E-state index in [2.05, 4.69) is 15.5 Å². The number of carbonyl (C=O) groups excluding carboxylic acids is 1. The molecule has 2 rings (SSSR count). The Morgan fingerprint density at radius 1 is 0.943 bits per heavy atom. The Morgan fingerprint density at radius 3 is 2.23 bits per heavy atom. The maximum Gasteiger partial charge on any atom is 0.360 e. The molecule has 0 aliphatic carbocycles. The van der Waals surface area contributed by atoms with Crippen molar-refractivity contribution in [1.29, 1.82) is 0 Å². The van der Waals surface area contributed by atoms with E-state index in [1.807, 2.05) is 13.0 Å². The van der Waals surface area contributed by atoms with Crippen LogP contribution in [-0.4, -0.2) is 44.4 Å². The van der Waals surface area contributed by atoms with Crippen LogP contribution in [0.15, 0.2) is 51.9 Å². The second-order valence-corrected chi connectivity index (χ2v) is 7.67. The Hall–Kier alpha value is -3.82. The van der Waals surface area contributed by atoms with Crippen LogP contribution in [0.5, 0.6) is 0 Å². The zero-order valence-corrected chi connectivity index (χ0v) is 20.8. The van der Waals surface area contributed by atoms with Crippen molar-refractivity contribution in [1.82, 2.24) is 0 Å². The van der Waals surface area contributed by atoms with Gasteiger partial charge in [-0.05, 0) is 38.0 Å². The molecule has 2 aromatic carbocycles. The molecule has 0 aromatic heterocycles. The molecule has 8 nitrogen and oxygen atoms in total. The average Bonchev–Trinajstić information content (AvgIpc) is 2.82. The molecule has 2 aromatic rings. The van der Waals surface area contributed by atoms with Gasteiger partial charge in [-0.1, -0.05) is 45.8 Å². The van der Waals surface area contributed by atoms with Crippen LogP contribution in [0.2, 0.25) is 0 Å². The van der Waals surface area contributed by atoms with E-state index in [1.54, 1.807) is 38.1 Å². The van der Waals surface area contributed by atoms with Gasteiger partial charge in [0, 0.05) is 29.2 Å². The predicted octanol–water partition coefficient (Wildman–Crippen LogP) is 4.94. The van der Waals surface area contributed by atoms with Gasteiger partial charge in [-0.25, -0.2) is 13.6 Å². The fourth-order valence-electron chi connectivity index (χ4n) is 3.38. The van der Waals surface area contributed by atoms with E-state index in [4.69, 9.17) is 19.2 Å². The normalized spacial score (nSPS) is 12.9. The molecule has 0 heterocycles. The maximum atomic E-state index is 14.4. The molecule has 0 amide bonds. The number of hydrogen-bond acceptors (Lipinski definition) is 8. The summed E-state index contributed by atoms with van der Waals surface area (Å²) in [6.07, 6.45) is 0. The minimum absolute atomic E-state index is 0.0328. The summed E-state index contributed by atoms with van der Waals surface area (Å²) in [7, 11) is 3.94. The van der Waals surface area contributed by atoms with Crippen molar-refractivity contribution in [3.8, 4) is 0 Å². The third-order valence-corrected chi connectivity index (χ3v) is 5.17. The molecule has 0 bridgehead atoms. The van der Waals surface area contributed by atoms with Crippen LogP contribution >= 0.6 is 0 Å². The number of esters is 1. The number of alkyl halides is 2. The van der Waals surface area contributed by atoms with Gasteiger partial charge in [0.2, 0.25) is 0 Å². The number of aryl methyl sites for hydroxylation is 1. The van der Waals surface area contributed by atoms with Gasteiger partial charge in [0.25, 0.3) is 5.92 Å². The summed E-state index contributed by atoms with van der Waals surface area (Å²) in [5.41, 5.74) is 3.06. The number of benzene rings is 2. The predicted molar refractivity (Wildman–Crippen MR) is 129 cm³/mol. The maximum absolute atomic E-state index is 14.4. The van der Waals surface area contributed by atoms with Crippen LogP contribution in [0, 0.1) is 6.92 Å². The van der Waals surface area contributed by atoms with Gasteiger partial charge >= 0.3 is 5.97 Å². The first-order valence-electron chi connectivity index (χ1n) is 10.6. The highest BCUT2D eigenvalue weighted by atomic mass is 19.3. The summed E-state index contributed by atoms with van der Waals surface area (Å²) in [5, 5.41) is 11.7. The number of carbonyl (C=O) groups is 1. The van der Waals surface area contributed by atoms with Gasteiger partial charge in [-0.2, -0.15) is 0 Å². The van der Waals surface area contributed by atoms with Gasteiger partial charge in [-0.15, -0.1) is 0 Å². The third-order valence-electron chi connectivity index (χ3n) is 5.17. The lowest BCUT2D eigenvalue weighted by Gasteiger charge is -2.17. The van der Waals surface area contributed by atoms with Crippen LogP contribution in [-0.2, 0) is 36.6 Å². The van der Waals surface area contributed by atoms with Crippen molar-refractivity contribution in [2.75, 3.05) is 21.3 Å². The molecular formula is C25H29F2N3O5. The minimum Gasteiger partial charge on any atom is -0.464 e. The second-order valence-electron chi connectivity index (χ2n) is 7.67. The first-order valence-corrected chi connectivity index (χ1v) is 10.6. The standard InChI is InChI=1S/C25H29F2N3O5/c1-15-9-8-10-20(23(30-34-7)24(31)32-5)21(15)14-35-29-17(3)19-12-11-18(16(2)28-33-6)13-22(19)25(4,26)27/h8-13H,14H2,1-7H3/b28-16-,29-17+,30-23+. The summed E-state index contributed by atoms with van der Waals surface area (Å²) >= 11 is 0. The summed E-state index contributed by atoms with van der Waals surface area (Å²) in [5.74, 6) is -3.81. The van der Waals surface area contributed by atoms with Crippen molar-refractivity contribution in [2.45, 2.75) is 40.2 Å². The number of ether oxygens (including phenoxy) is 1. The molecule has 0 saturated heterocycles. The molecule has 0 atom stereocenters. The van der Waals surface area contributed by atoms with Crippen molar-refractivity contribution >= 4 is 23.1 Å². The molecule has 0 spiro atoms. The van der Waals surface area contributed by atoms with Crippen LogP contribution in [0.1, 0.15) is 54.2 Å². The lowest BCUT2D eigenvalue weighted by atomic mass is 9.95. The second kappa shape index (κ2) is 12.0. The summed E-state index contributed by atoms with van der Waals surface area (Å²) in [6, 6.07) is 9.82. The molecule has 0 unspecified atom stereocenters. The van der Waals surface area contributed by atoms with Gasteiger partial charge in [0.05, 0.1) is 18.5 Å². The molecule has 10 heteroatoms. The van der Waals surface area contributed by atoms with Gasteiger partial charge in [-0.3, -0.25) is 0 Å². The molecule has 0 N–H and O–H groups in total. The van der Waals surface area contributed by atoms with Crippen molar-refractivity contribution in [2.24, 2.45) is 15.5 Å². The summed E-state index contributed by atoms with van der Waals surface area (Å²) in [4.78, 5) is 27.3. The Bertz CT molecular complexity index is 1150. The van der Waals surface area contributed by atoms with Crippen molar-refractivity contribution in [3.05, 3.63) is 69.8 Å². The van der Waals surface area contributed by atoms with E-state index in [0.29, 0.717) is 22.4 Å². The van der Waals surface area contributed by atoms with Gasteiger partial charge < -0.3 is 19.2 Å². The minimum atomic E-state index is -3.13. The zero-order chi connectivity index (χ0) is 26.2. The Morgan fingerprint density at radius 2 is 1.63 bits per heavy atom. The molecule has 0 radical (unpaired) electrons. The zero-order valence-electron chi connectivity index (χ0n) is 20.8. The Kier molecular flexibility index (Phi) is 9.44. The van der Waals surface area contributed by atoms with Gasteiger partial charge in [0.15, 0.2) is 5.71 Å². The highest BCUT2D eigenvalue weighted by Gasteiger charge is 2.29. The van der Waals surface area contributed by atoms with E-state index in [1.165, 1.54) is 27.4 Å². The monoisotopic (exact) mass is 489 g/mol. The quantitative estimate of drug-likeness (QED) is 0.268. The fourth-order valence-corrected chi connectivity index (χ4v) is 3.38. The largest absolute Gasteiger partial charge is 0.464 e. The summed E-state index contributed by atoms with van der Waals surface area (Å²) in [6.45, 7) is 5.84. The number of hydrogen-bond donors (Lipinski definition) is 0. The first kappa shape index (κ1) is 27.4. The first-order chi connectivity index (χ1) is 16.5. The van der Waals surface area contributed by atoms with Gasteiger partial charge in [0.1, 0.15) is 20.8 Å². The topological polar surface area (TPSA) is 91.1 Å². The third kappa shape index (κ3) is 6.84. The van der Waals surface area contributed by atoms with Crippen LogP contribution in [0.25, 0.3) is 0 Å². The van der Waals surface area contributed by atoms with Crippen LogP contribution in [0.3, 0.4) is 0 Å². The average molecular weight is 490 g/mol. The van der Waals surface area contributed by atoms with Crippen molar-refractivity contribution in [3.63, 3.8) is 0 Å².